The van der Waals surface area contributed by atoms with Crippen molar-refractivity contribution in [1.82, 2.24) is 9.97 Å². The van der Waals surface area contributed by atoms with Gasteiger partial charge in [-0.3, -0.25) is 0 Å². The number of rotatable bonds is 4. The van der Waals surface area contributed by atoms with E-state index in [0.717, 1.165) is 32.7 Å². The van der Waals surface area contributed by atoms with Crippen molar-refractivity contribution in [3.63, 3.8) is 0 Å². The highest BCUT2D eigenvalue weighted by molar-refractivity contribution is 9.10. The highest BCUT2D eigenvalue weighted by atomic mass is 79.9. The van der Waals surface area contributed by atoms with Crippen LogP contribution in [0.5, 0.6) is 0 Å². The number of nitrogens with zero attached hydrogens (tertiary/aromatic N) is 2. The number of nitrogens with one attached hydrogen (secondary N) is 1. The van der Waals surface area contributed by atoms with Gasteiger partial charge in [0.05, 0.1) is 0 Å². The fourth-order valence-corrected chi connectivity index (χ4v) is 2.39. The average molecular weight is 389 g/mol. The Kier molecular flexibility index (Phi) is 4.87. The minimum atomic E-state index is -0.252. The maximum Gasteiger partial charge on any atom is 0.131 e. The van der Waals surface area contributed by atoms with Gasteiger partial charge >= 0.3 is 0 Å². The van der Waals surface area contributed by atoms with E-state index in [4.69, 9.17) is 0 Å². The third-order valence-corrected chi connectivity index (χ3v) is 3.71. The molecule has 0 unspecified atom stereocenters. The monoisotopic (exact) mass is 387 g/mol. The van der Waals surface area contributed by atoms with Gasteiger partial charge in [0, 0.05) is 23.5 Å². The van der Waals surface area contributed by atoms with Crippen LogP contribution in [0.25, 0.3) is 0 Å². The first-order chi connectivity index (χ1) is 9.08. The summed E-state index contributed by atoms with van der Waals surface area (Å²) in [4.78, 5) is 8.59. The Balaban J connectivity index is 2.14. The fraction of sp³-hybridized carbons (Fsp3) is 0.231. The van der Waals surface area contributed by atoms with E-state index in [9.17, 15) is 4.39 Å². The van der Waals surface area contributed by atoms with Gasteiger partial charge in [-0.05, 0) is 39.7 Å². The number of benzene rings is 1. The molecule has 0 saturated heterocycles. The van der Waals surface area contributed by atoms with E-state index in [-0.39, 0.29) is 5.82 Å². The Labute approximate surface area is 127 Å². The van der Waals surface area contributed by atoms with Gasteiger partial charge in [0.1, 0.15) is 22.1 Å². The summed E-state index contributed by atoms with van der Waals surface area (Å²) in [6.45, 7) is 2.49. The molecule has 0 radical (unpaired) electrons. The second-order valence-corrected chi connectivity index (χ2v) is 5.60. The SMILES string of the molecule is CCc1nc(Br)cc(NCc2cc(F)ccc2Br)n1. The maximum atomic E-state index is 13.2. The lowest BCUT2D eigenvalue weighted by Crippen LogP contribution is -2.05. The van der Waals surface area contributed by atoms with Gasteiger partial charge in [-0.25, -0.2) is 14.4 Å². The van der Waals surface area contributed by atoms with E-state index in [1.54, 1.807) is 12.1 Å². The van der Waals surface area contributed by atoms with Crippen molar-refractivity contribution >= 4 is 37.7 Å². The predicted octanol–water partition coefficient (Wildman–Crippen LogP) is 4.32. The lowest BCUT2D eigenvalue weighted by Gasteiger charge is -2.09. The zero-order valence-corrected chi connectivity index (χ0v) is 13.4. The van der Waals surface area contributed by atoms with Gasteiger partial charge < -0.3 is 5.32 Å². The van der Waals surface area contributed by atoms with E-state index in [0.29, 0.717) is 6.54 Å². The summed E-state index contributed by atoms with van der Waals surface area (Å²) in [6.07, 6.45) is 0.762. The molecule has 3 nitrogen and oxygen atoms in total. The lowest BCUT2D eigenvalue weighted by molar-refractivity contribution is 0.625. The molecule has 6 heteroatoms. The third-order valence-electron chi connectivity index (χ3n) is 2.53. The second kappa shape index (κ2) is 6.43. The molecule has 0 amide bonds. The van der Waals surface area contributed by atoms with Gasteiger partial charge in [-0.15, -0.1) is 0 Å². The standard InChI is InChI=1S/C13H12Br2FN3/c1-2-12-18-11(15)6-13(19-12)17-7-8-5-9(16)3-4-10(8)14/h3-6H,2,7H2,1H3,(H,17,18,19). The van der Waals surface area contributed by atoms with E-state index in [2.05, 4.69) is 47.1 Å². The molecule has 0 spiro atoms. The molecule has 19 heavy (non-hydrogen) atoms. The molecular formula is C13H12Br2FN3. The van der Waals surface area contributed by atoms with Crippen LogP contribution in [0.15, 0.2) is 33.3 Å². The highest BCUT2D eigenvalue weighted by Crippen LogP contribution is 2.20. The van der Waals surface area contributed by atoms with E-state index < -0.39 is 0 Å². The van der Waals surface area contributed by atoms with Crippen LogP contribution in [0.1, 0.15) is 18.3 Å². The molecule has 0 atom stereocenters. The Morgan fingerprint density at radius 2 is 2.00 bits per heavy atom. The van der Waals surface area contributed by atoms with Crippen molar-refractivity contribution in [3.8, 4) is 0 Å². The van der Waals surface area contributed by atoms with Crippen LogP contribution in [-0.4, -0.2) is 9.97 Å². The van der Waals surface area contributed by atoms with Gasteiger partial charge in [-0.1, -0.05) is 22.9 Å². The first-order valence-electron chi connectivity index (χ1n) is 5.79. The summed E-state index contributed by atoms with van der Waals surface area (Å²) in [7, 11) is 0. The van der Waals surface area contributed by atoms with Crippen molar-refractivity contribution in [2.24, 2.45) is 0 Å². The topological polar surface area (TPSA) is 37.8 Å². The van der Waals surface area contributed by atoms with Crippen molar-refractivity contribution in [2.75, 3.05) is 5.32 Å². The first-order valence-corrected chi connectivity index (χ1v) is 7.38. The highest BCUT2D eigenvalue weighted by Gasteiger charge is 2.04. The molecule has 1 heterocycles. The van der Waals surface area contributed by atoms with Crippen LogP contribution in [0, 0.1) is 5.82 Å². The number of anilines is 1. The van der Waals surface area contributed by atoms with E-state index in [1.165, 1.54) is 12.1 Å². The van der Waals surface area contributed by atoms with Crippen molar-refractivity contribution in [3.05, 3.63) is 50.5 Å². The number of aryl methyl sites for hydroxylation is 1. The summed E-state index contributed by atoms with van der Waals surface area (Å²) < 4.78 is 14.8. The van der Waals surface area contributed by atoms with Crippen LogP contribution >= 0.6 is 31.9 Å². The van der Waals surface area contributed by atoms with E-state index >= 15 is 0 Å². The Morgan fingerprint density at radius 1 is 1.21 bits per heavy atom. The fourth-order valence-electron chi connectivity index (χ4n) is 1.58. The predicted molar refractivity (Wildman–Crippen MR) is 80.5 cm³/mol. The lowest BCUT2D eigenvalue weighted by atomic mass is 10.2. The molecule has 0 aliphatic heterocycles. The third kappa shape index (κ3) is 3.98. The number of halogens is 3. The smallest absolute Gasteiger partial charge is 0.131 e. The zero-order valence-electron chi connectivity index (χ0n) is 10.3. The molecule has 2 aromatic rings. The molecule has 100 valence electrons. The average Bonchev–Trinajstić information content (AvgIpc) is 2.39. The summed E-state index contributed by atoms with van der Waals surface area (Å²) >= 11 is 6.74. The largest absolute Gasteiger partial charge is 0.366 e. The summed E-state index contributed by atoms with van der Waals surface area (Å²) in [5.41, 5.74) is 0.841. The molecule has 0 bridgehead atoms. The van der Waals surface area contributed by atoms with Crippen LogP contribution < -0.4 is 5.32 Å². The Morgan fingerprint density at radius 3 is 2.74 bits per heavy atom. The number of aromatic nitrogens is 2. The minimum absolute atomic E-state index is 0.252. The summed E-state index contributed by atoms with van der Waals surface area (Å²) in [6, 6.07) is 6.41. The van der Waals surface area contributed by atoms with Crippen LogP contribution in [0.3, 0.4) is 0 Å². The van der Waals surface area contributed by atoms with Gasteiger partial charge in [0.2, 0.25) is 0 Å². The Bertz CT molecular complexity index is 590. The van der Waals surface area contributed by atoms with E-state index in [1.807, 2.05) is 6.92 Å². The van der Waals surface area contributed by atoms with Crippen molar-refractivity contribution < 1.29 is 4.39 Å². The quantitative estimate of drug-likeness (QED) is 0.792. The Hall–Kier alpha value is -1.01. The molecule has 0 aliphatic carbocycles. The molecular weight excluding hydrogens is 377 g/mol. The molecule has 2 rings (SSSR count). The molecule has 0 fully saturated rings. The molecule has 1 aromatic heterocycles. The maximum absolute atomic E-state index is 13.2. The molecule has 0 aliphatic rings. The minimum Gasteiger partial charge on any atom is -0.366 e. The molecule has 0 saturated carbocycles. The molecule has 1 N–H and O–H groups in total. The molecule has 1 aromatic carbocycles. The number of hydrogen-bond acceptors (Lipinski definition) is 3. The van der Waals surface area contributed by atoms with Crippen molar-refractivity contribution in [2.45, 2.75) is 19.9 Å². The second-order valence-electron chi connectivity index (χ2n) is 3.93. The van der Waals surface area contributed by atoms with Crippen LogP contribution in [0.4, 0.5) is 10.2 Å². The van der Waals surface area contributed by atoms with Gasteiger partial charge in [0.25, 0.3) is 0 Å². The van der Waals surface area contributed by atoms with Crippen LogP contribution in [0.2, 0.25) is 0 Å². The summed E-state index contributed by atoms with van der Waals surface area (Å²) in [5, 5.41) is 3.17. The van der Waals surface area contributed by atoms with Gasteiger partial charge in [-0.2, -0.15) is 0 Å². The van der Waals surface area contributed by atoms with Crippen LogP contribution in [-0.2, 0) is 13.0 Å². The summed E-state index contributed by atoms with van der Waals surface area (Å²) in [5.74, 6) is 1.23. The number of hydrogen-bond donors (Lipinski definition) is 1. The first kappa shape index (κ1) is 14.4. The normalized spacial score (nSPS) is 10.5. The zero-order chi connectivity index (χ0) is 13.8. The van der Waals surface area contributed by atoms with Gasteiger partial charge in [0.15, 0.2) is 0 Å². The van der Waals surface area contributed by atoms with Crippen molar-refractivity contribution in [1.29, 1.82) is 0 Å².